The van der Waals surface area contributed by atoms with Gasteiger partial charge in [-0.2, -0.15) is 0 Å². The third-order valence-electron chi connectivity index (χ3n) is 3.07. The van der Waals surface area contributed by atoms with Gasteiger partial charge < -0.3 is 4.43 Å². The summed E-state index contributed by atoms with van der Waals surface area (Å²) in [6, 6.07) is 1.70. The predicted molar refractivity (Wildman–Crippen MR) is 85.2 cm³/mol. The van der Waals surface area contributed by atoms with Crippen molar-refractivity contribution in [2.45, 2.75) is 33.0 Å². The summed E-state index contributed by atoms with van der Waals surface area (Å²) < 4.78 is 6.04. The molecule has 0 aromatic carbocycles. The molecule has 6 heteroatoms. The van der Waals surface area contributed by atoms with Crippen molar-refractivity contribution in [3.63, 3.8) is 0 Å². The summed E-state index contributed by atoms with van der Waals surface area (Å²) in [5.74, 6) is 1.12. The molecule has 0 saturated heterocycles. The van der Waals surface area contributed by atoms with Crippen LogP contribution in [0.2, 0.25) is 19.6 Å². The van der Waals surface area contributed by atoms with E-state index in [9.17, 15) is 10.1 Å². The van der Waals surface area contributed by atoms with Gasteiger partial charge in [0.15, 0.2) is 0 Å². The SMILES string of the molecule is CC1C=C(O[Si](C)(C)C)C=C(c2ccncc2[N+](=O)[O-])C1. The average Bonchev–Trinajstić information content (AvgIpc) is 2.35. The fourth-order valence-electron chi connectivity index (χ4n) is 2.37. The summed E-state index contributed by atoms with van der Waals surface area (Å²) in [5, 5.41) is 11.2. The summed E-state index contributed by atoms with van der Waals surface area (Å²) in [7, 11) is -1.70. The van der Waals surface area contributed by atoms with Crippen LogP contribution in [0.5, 0.6) is 0 Å². The van der Waals surface area contributed by atoms with E-state index in [1.165, 1.54) is 6.20 Å². The largest absolute Gasteiger partial charge is 0.545 e. The first-order valence-corrected chi connectivity index (χ1v) is 10.4. The van der Waals surface area contributed by atoms with Crippen molar-refractivity contribution in [2.24, 2.45) is 5.92 Å². The molecular weight excluding hydrogens is 284 g/mol. The molecule has 0 amide bonds. The monoisotopic (exact) mass is 304 g/mol. The molecule has 1 aromatic heterocycles. The van der Waals surface area contributed by atoms with Crippen LogP contribution >= 0.6 is 0 Å². The molecule has 5 nitrogen and oxygen atoms in total. The molecule has 1 aromatic rings. The highest BCUT2D eigenvalue weighted by molar-refractivity contribution is 6.70. The van der Waals surface area contributed by atoms with Gasteiger partial charge in [0, 0.05) is 6.20 Å². The van der Waals surface area contributed by atoms with Crippen molar-refractivity contribution in [1.29, 1.82) is 0 Å². The highest BCUT2D eigenvalue weighted by Gasteiger charge is 2.24. The Labute approximate surface area is 125 Å². The van der Waals surface area contributed by atoms with Crippen molar-refractivity contribution >= 4 is 19.6 Å². The number of pyridine rings is 1. The Morgan fingerprint density at radius 1 is 1.43 bits per heavy atom. The van der Waals surface area contributed by atoms with E-state index >= 15 is 0 Å². The maximum absolute atomic E-state index is 11.2. The lowest BCUT2D eigenvalue weighted by atomic mass is 9.90. The van der Waals surface area contributed by atoms with E-state index in [0.29, 0.717) is 11.5 Å². The Hall–Kier alpha value is -1.95. The average molecular weight is 304 g/mol. The molecule has 0 aliphatic heterocycles. The Balaban J connectivity index is 2.40. The van der Waals surface area contributed by atoms with Gasteiger partial charge in [0.1, 0.15) is 6.20 Å². The highest BCUT2D eigenvalue weighted by Crippen LogP contribution is 2.35. The van der Waals surface area contributed by atoms with Gasteiger partial charge in [-0.05, 0) is 55.8 Å². The molecule has 0 radical (unpaired) electrons. The Bertz CT molecular complexity index is 618. The number of hydrogen-bond donors (Lipinski definition) is 0. The van der Waals surface area contributed by atoms with E-state index in [-0.39, 0.29) is 10.6 Å². The normalized spacial score (nSPS) is 18.8. The number of hydrogen-bond acceptors (Lipinski definition) is 4. The number of allylic oxidation sites excluding steroid dienone is 3. The van der Waals surface area contributed by atoms with Crippen LogP contribution in [-0.2, 0) is 4.43 Å². The number of nitrogens with zero attached hydrogens (tertiary/aromatic N) is 2. The van der Waals surface area contributed by atoms with Crippen LogP contribution in [-0.4, -0.2) is 18.2 Å². The summed E-state index contributed by atoms with van der Waals surface area (Å²) in [5.41, 5.74) is 1.61. The second kappa shape index (κ2) is 5.81. The smallest absolute Gasteiger partial charge is 0.294 e. The van der Waals surface area contributed by atoms with E-state index in [4.69, 9.17) is 4.43 Å². The summed E-state index contributed by atoms with van der Waals surface area (Å²) in [4.78, 5) is 14.6. The summed E-state index contributed by atoms with van der Waals surface area (Å²) >= 11 is 0. The van der Waals surface area contributed by atoms with Crippen LogP contribution in [0.15, 0.2) is 36.4 Å². The fourth-order valence-corrected chi connectivity index (χ4v) is 3.21. The fraction of sp³-hybridized carbons (Fsp3) is 0.400. The zero-order valence-electron chi connectivity index (χ0n) is 12.8. The third-order valence-corrected chi connectivity index (χ3v) is 3.92. The van der Waals surface area contributed by atoms with Crippen LogP contribution in [0.4, 0.5) is 5.69 Å². The van der Waals surface area contributed by atoms with Gasteiger partial charge in [0.05, 0.1) is 16.2 Å². The van der Waals surface area contributed by atoms with E-state index in [1.54, 1.807) is 12.3 Å². The maximum atomic E-state index is 11.2. The van der Waals surface area contributed by atoms with Crippen LogP contribution in [0.25, 0.3) is 5.57 Å². The molecule has 21 heavy (non-hydrogen) atoms. The standard InChI is InChI=1S/C15H20N2O3Si/c1-11-7-12(9-13(8-11)20-21(2,3)4)14-5-6-16-10-15(14)17(18)19/h5-6,8-11H,7H2,1-4H3. The van der Waals surface area contributed by atoms with E-state index < -0.39 is 8.32 Å². The Morgan fingerprint density at radius 3 is 2.76 bits per heavy atom. The minimum absolute atomic E-state index is 0.0465. The van der Waals surface area contributed by atoms with Crippen molar-refractivity contribution in [3.8, 4) is 0 Å². The zero-order valence-corrected chi connectivity index (χ0v) is 13.8. The molecule has 112 valence electrons. The quantitative estimate of drug-likeness (QED) is 0.476. The molecule has 0 fully saturated rings. The lowest BCUT2D eigenvalue weighted by Gasteiger charge is -2.25. The van der Waals surface area contributed by atoms with Gasteiger partial charge >= 0.3 is 0 Å². The first-order chi connectivity index (χ1) is 9.76. The van der Waals surface area contributed by atoms with Gasteiger partial charge in [-0.3, -0.25) is 15.1 Å². The van der Waals surface area contributed by atoms with Crippen molar-refractivity contribution in [3.05, 3.63) is 52.0 Å². The van der Waals surface area contributed by atoms with Crippen molar-refractivity contribution in [2.75, 3.05) is 0 Å². The lowest BCUT2D eigenvalue weighted by molar-refractivity contribution is -0.385. The molecule has 1 aliphatic rings. The van der Waals surface area contributed by atoms with Crippen LogP contribution < -0.4 is 0 Å². The molecule has 1 heterocycles. The predicted octanol–water partition coefficient (Wildman–Crippen LogP) is 4.15. The number of nitro groups is 1. The first kappa shape index (κ1) is 15.4. The van der Waals surface area contributed by atoms with E-state index in [1.807, 2.05) is 6.08 Å². The first-order valence-electron chi connectivity index (χ1n) is 6.96. The maximum Gasteiger partial charge on any atom is 0.294 e. The third kappa shape index (κ3) is 4.01. The number of rotatable bonds is 4. The number of aromatic nitrogens is 1. The van der Waals surface area contributed by atoms with Gasteiger partial charge in [-0.1, -0.05) is 6.92 Å². The molecule has 0 saturated carbocycles. The molecule has 1 unspecified atom stereocenters. The van der Waals surface area contributed by atoms with Gasteiger partial charge in [0.25, 0.3) is 5.69 Å². The Morgan fingerprint density at radius 2 is 2.14 bits per heavy atom. The molecule has 0 spiro atoms. The van der Waals surface area contributed by atoms with Crippen molar-refractivity contribution in [1.82, 2.24) is 4.98 Å². The van der Waals surface area contributed by atoms with Gasteiger partial charge in [0.2, 0.25) is 8.32 Å². The minimum atomic E-state index is -1.70. The zero-order chi connectivity index (χ0) is 15.6. The topological polar surface area (TPSA) is 65.3 Å². The van der Waals surface area contributed by atoms with Gasteiger partial charge in [-0.15, -0.1) is 0 Å². The van der Waals surface area contributed by atoms with Crippen LogP contribution in [0.1, 0.15) is 18.9 Å². The molecule has 1 atom stereocenters. The van der Waals surface area contributed by atoms with Crippen LogP contribution in [0.3, 0.4) is 0 Å². The minimum Gasteiger partial charge on any atom is -0.545 e. The van der Waals surface area contributed by atoms with Gasteiger partial charge in [-0.25, -0.2) is 0 Å². The molecule has 0 N–H and O–H groups in total. The molecule has 2 rings (SSSR count). The van der Waals surface area contributed by atoms with E-state index in [0.717, 1.165) is 17.8 Å². The summed E-state index contributed by atoms with van der Waals surface area (Å²) in [6.45, 7) is 8.45. The lowest BCUT2D eigenvalue weighted by Crippen LogP contribution is -2.25. The van der Waals surface area contributed by atoms with Crippen LogP contribution in [0, 0.1) is 16.0 Å². The second-order valence-electron chi connectivity index (χ2n) is 6.28. The highest BCUT2D eigenvalue weighted by atomic mass is 28.4. The Kier molecular flexibility index (Phi) is 4.27. The summed E-state index contributed by atoms with van der Waals surface area (Å²) in [6.07, 6.45) is 7.68. The molecule has 1 aliphatic carbocycles. The van der Waals surface area contributed by atoms with E-state index in [2.05, 4.69) is 37.6 Å². The molecule has 0 bridgehead atoms. The molecular formula is C15H20N2O3Si. The second-order valence-corrected chi connectivity index (χ2v) is 10.7. The van der Waals surface area contributed by atoms with Crippen molar-refractivity contribution < 1.29 is 9.35 Å².